The number of rotatable bonds is 7. The first-order chi connectivity index (χ1) is 18.2. The van der Waals surface area contributed by atoms with E-state index in [-0.39, 0.29) is 18.3 Å². The molecule has 4 rings (SSSR count). The molecule has 1 aliphatic heterocycles. The molecule has 1 aromatic heterocycles. The summed E-state index contributed by atoms with van der Waals surface area (Å²) in [6.45, 7) is -0.632. The monoisotopic (exact) mass is 532 g/mol. The average molecular weight is 533 g/mol. The molecule has 2 heterocycles. The molecule has 0 amide bonds. The number of ketones is 1. The number of piperidine rings is 1. The highest BCUT2D eigenvalue weighted by Crippen LogP contribution is 2.28. The van der Waals surface area contributed by atoms with Gasteiger partial charge in [-0.05, 0) is 35.9 Å². The molecule has 38 heavy (non-hydrogen) atoms. The predicted molar refractivity (Wildman–Crippen MR) is 136 cm³/mol. The Kier molecular flexibility index (Phi) is 11.7. The van der Waals surface area contributed by atoms with Crippen molar-refractivity contribution in [2.24, 2.45) is 5.92 Å². The van der Waals surface area contributed by atoms with E-state index in [0.717, 1.165) is 18.0 Å². The van der Waals surface area contributed by atoms with Crippen LogP contribution in [0.25, 0.3) is 16.9 Å². The van der Waals surface area contributed by atoms with Gasteiger partial charge in [0.05, 0.1) is 24.5 Å². The number of nitrogens with zero attached hydrogens (tertiary/aromatic N) is 2. The summed E-state index contributed by atoms with van der Waals surface area (Å²) in [4.78, 5) is 20.7. The minimum absolute atomic E-state index is 0.0775. The van der Waals surface area contributed by atoms with Crippen molar-refractivity contribution < 1.29 is 31.9 Å². The highest BCUT2D eigenvalue weighted by atomic mass is 19.4. The van der Waals surface area contributed by atoms with Gasteiger partial charge in [-0.3, -0.25) is 4.79 Å². The molecule has 0 saturated carbocycles. The summed E-state index contributed by atoms with van der Waals surface area (Å²) in [6, 6.07) is 15.1. The van der Waals surface area contributed by atoms with Crippen molar-refractivity contribution in [1.82, 2.24) is 15.1 Å². The molecule has 3 aromatic rings. The van der Waals surface area contributed by atoms with Crippen molar-refractivity contribution >= 4 is 17.9 Å². The van der Waals surface area contributed by atoms with Gasteiger partial charge in [-0.25, -0.2) is 9.07 Å². The Hall–Kier alpha value is -4.01. The topological polar surface area (TPSA) is 85.2 Å². The Morgan fingerprint density at radius 1 is 1.18 bits per heavy atom. The number of Topliss-reactive ketones (excluding diaryl/α,β-unsaturated/α-hetero) is 1. The molecule has 202 valence electrons. The van der Waals surface area contributed by atoms with Gasteiger partial charge in [0.2, 0.25) is 0 Å². The molecule has 2 aromatic carbocycles. The van der Waals surface area contributed by atoms with Gasteiger partial charge in [0, 0.05) is 37.6 Å². The van der Waals surface area contributed by atoms with Gasteiger partial charge in [0.15, 0.2) is 0 Å². The first-order valence-electron chi connectivity index (χ1n) is 11.5. The summed E-state index contributed by atoms with van der Waals surface area (Å²) in [5.74, 6) is 0.0718. The predicted octanol–water partition coefficient (Wildman–Crippen LogP) is 4.41. The number of nitrogens with one attached hydrogen (secondary N) is 2. The molecule has 0 spiro atoms. The molecule has 11 heteroatoms. The number of para-hydroxylation sites is 1. The molecule has 0 radical (unpaired) electrons. The van der Waals surface area contributed by atoms with Crippen LogP contribution in [0.5, 0.6) is 0 Å². The first-order valence-corrected chi connectivity index (χ1v) is 11.5. The van der Waals surface area contributed by atoms with Crippen molar-refractivity contribution in [2.45, 2.75) is 19.2 Å². The highest BCUT2D eigenvalue weighted by molar-refractivity contribution is 5.84. The van der Waals surface area contributed by atoms with Crippen LogP contribution >= 0.6 is 0 Å². The van der Waals surface area contributed by atoms with E-state index in [9.17, 15) is 27.2 Å². The van der Waals surface area contributed by atoms with E-state index in [1.165, 1.54) is 6.07 Å². The number of carbonyl (C=O) groups is 2. The van der Waals surface area contributed by atoms with E-state index >= 15 is 0 Å². The number of alkyl halides is 3. The lowest BCUT2D eigenvalue weighted by Gasteiger charge is -2.15. The molecule has 1 atom stereocenters. The maximum Gasteiger partial charge on any atom is 0.411 e. The molecular formula is C27H28F4N4O3. The number of benzene rings is 2. The number of terminal acetylenes is 1. The van der Waals surface area contributed by atoms with Crippen LogP contribution in [0.2, 0.25) is 0 Å². The van der Waals surface area contributed by atoms with Crippen LogP contribution in [0.1, 0.15) is 12.0 Å². The third-order valence-electron chi connectivity index (χ3n) is 5.17. The van der Waals surface area contributed by atoms with Crippen molar-refractivity contribution in [3.8, 4) is 29.8 Å². The zero-order valence-corrected chi connectivity index (χ0v) is 20.7. The number of halogens is 4. The molecule has 1 aliphatic rings. The minimum Gasteiger partial charge on any atom is -0.372 e. The zero-order valence-electron chi connectivity index (χ0n) is 20.7. The molecule has 0 unspecified atom stereocenters. The van der Waals surface area contributed by atoms with Gasteiger partial charge < -0.3 is 20.2 Å². The Balaban J connectivity index is 0.000000387. The van der Waals surface area contributed by atoms with Gasteiger partial charge in [0.25, 0.3) is 0 Å². The Morgan fingerprint density at radius 3 is 2.47 bits per heavy atom. The van der Waals surface area contributed by atoms with Crippen molar-refractivity contribution in [1.29, 1.82) is 0 Å². The number of hydrogen-bond acceptors (Lipinski definition) is 6. The van der Waals surface area contributed by atoms with E-state index in [2.05, 4.69) is 33.3 Å². The fourth-order valence-corrected chi connectivity index (χ4v) is 3.57. The van der Waals surface area contributed by atoms with Crippen molar-refractivity contribution in [3.63, 3.8) is 0 Å². The fraction of sp³-hybridized carbons (Fsp3) is 0.296. The Labute approximate surface area is 218 Å². The molecule has 7 nitrogen and oxygen atoms in total. The number of anilines is 1. The highest BCUT2D eigenvalue weighted by Gasteiger charge is 2.27. The van der Waals surface area contributed by atoms with Crippen molar-refractivity contribution in [3.05, 3.63) is 66.0 Å². The largest absolute Gasteiger partial charge is 0.411 e. The smallest absolute Gasteiger partial charge is 0.372 e. The number of aromatic nitrogens is 2. The summed E-state index contributed by atoms with van der Waals surface area (Å²) < 4.78 is 57.1. The van der Waals surface area contributed by atoms with Gasteiger partial charge in [-0.1, -0.05) is 18.2 Å². The quantitative estimate of drug-likeness (QED) is 0.266. The maximum absolute atomic E-state index is 14.1. The van der Waals surface area contributed by atoms with Gasteiger partial charge >= 0.3 is 6.18 Å². The van der Waals surface area contributed by atoms with Crippen LogP contribution < -0.4 is 10.6 Å². The van der Waals surface area contributed by atoms with Gasteiger partial charge in [-0.2, -0.15) is 13.2 Å². The maximum atomic E-state index is 14.1. The lowest BCUT2D eigenvalue weighted by molar-refractivity contribution is -0.176. The molecule has 1 fully saturated rings. The first kappa shape index (κ1) is 30.2. The second kappa shape index (κ2) is 14.7. The van der Waals surface area contributed by atoms with Crippen molar-refractivity contribution in [2.75, 3.05) is 32.1 Å². The summed E-state index contributed by atoms with van der Waals surface area (Å²) in [5, 5.41) is 10.2. The third-order valence-corrected chi connectivity index (χ3v) is 5.17. The summed E-state index contributed by atoms with van der Waals surface area (Å²) in [7, 11) is 1.71. The Morgan fingerprint density at radius 2 is 1.89 bits per heavy atom. The SMILES string of the molecule is C#C.CNc1cc(-c2cc(F)cc(COCC(F)(F)F)c2)n(-c2ccccc2)n1.O=C[C@@H]1CNCC(=O)C1. The van der Waals surface area contributed by atoms with E-state index in [0.29, 0.717) is 42.1 Å². The van der Waals surface area contributed by atoms with Crippen LogP contribution in [-0.4, -0.2) is 54.8 Å². The summed E-state index contributed by atoms with van der Waals surface area (Å²) >= 11 is 0. The Bertz CT molecular complexity index is 1210. The van der Waals surface area contributed by atoms with Gasteiger partial charge in [-0.15, -0.1) is 17.9 Å². The van der Waals surface area contributed by atoms with Crippen LogP contribution in [-0.2, 0) is 20.9 Å². The van der Waals surface area contributed by atoms with Crippen LogP contribution in [0.15, 0.2) is 54.6 Å². The average Bonchev–Trinajstić information content (AvgIpc) is 3.35. The van der Waals surface area contributed by atoms with E-state index in [1.54, 1.807) is 23.9 Å². The van der Waals surface area contributed by atoms with Crippen LogP contribution in [0, 0.1) is 24.6 Å². The normalized spacial score (nSPS) is 14.9. The molecular weight excluding hydrogens is 504 g/mol. The number of ether oxygens (including phenoxy) is 1. The number of hydrogen-bond donors (Lipinski definition) is 2. The van der Waals surface area contributed by atoms with Gasteiger partial charge in [0.1, 0.15) is 30.3 Å². The second-order valence-electron chi connectivity index (χ2n) is 8.14. The van der Waals surface area contributed by atoms with Crippen LogP contribution in [0.3, 0.4) is 0 Å². The zero-order chi connectivity index (χ0) is 28.1. The molecule has 0 aliphatic carbocycles. The van der Waals surface area contributed by atoms with E-state index in [4.69, 9.17) is 0 Å². The second-order valence-corrected chi connectivity index (χ2v) is 8.14. The molecule has 2 N–H and O–H groups in total. The van der Waals surface area contributed by atoms with Crippen LogP contribution in [0.4, 0.5) is 23.4 Å². The fourth-order valence-electron chi connectivity index (χ4n) is 3.57. The molecule has 0 bridgehead atoms. The van der Waals surface area contributed by atoms with E-state index < -0.39 is 18.6 Å². The summed E-state index contributed by atoms with van der Waals surface area (Å²) in [5.41, 5.74) is 2.16. The number of aldehydes is 1. The molecule has 1 saturated heterocycles. The minimum atomic E-state index is -4.43. The van der Waals surface area contributed by atoms with E-state index in [1.807, 2.05) is 30.3 Å². The lowest BCUT2D eigenvalue weighted by Crippen LogP contribution is -2.36. The lowest BCUT2D eigenvalue weighted by atomic mass is 10.0. The summed E-state index contributed by atoms with van der Waals surface area (Å²) in [6.07, 6.45) is 4.84. The standard InChI is InChI=1S/C19H17F4N3O.C6H9NO2.C2H2/c1-24-18-10-17(26(25-18)16-5-3-2-4-6-16)14-7-13(8-15(20)9-14)11-27-12-19(21,22)23;8-4-5-1-6(9)3-7-2-5;1-2/h2-10H,11-12H2,1H3,(H,24,25);4-5,7H,1-3H2;1-2H/t;5-;/m.0./s1. The third kappa shape index (κ3) is 9.46. The number of carbonyl (C=O) groups excluding carboxylic acids is 2.